The number of hydrogen-bond acceptors (Lipinski definition) is 5. The molecule has 2 amide bonds. The van der Waals surface area contributed by atoms with Crippen LogP contribution in [0.15, 0.2) is 30.3 Å². The Hall–Kier alpha value is -2.71. The summed E-state index contributed by atoms with van der Waals surface area (Å²) in [6, 6.07) is 10.1. The number of aryl methyl sites for hydroxylation is 2. The Morgan fingerprint density at radius 2 is 1.89 bits per heavy atom. The van der Waals surface area contributed by atoms with Gasteiger partial charge in [-0.2, -0.15) is 5.10 Å². The number of nitrogens with one attached hydrogen (secondary N) is 1. The second kappa shape index (κ2) is 10.5. The first-order valence-electron chi connectivity index (χ1n) is 12.6. The molecule has 0 radical (unpaired) electrons. The number of rotatable bonds is 8. The van der Waals surface area contributed by atoms with Crippen molar-refractivity contribution in [3.8, 4) is 0 Å². The summed E-state index contributed by atoms with van der Waals surface area (Å²) in [5.41, 5.74) is 3.98. The second-order valence-electron chi connectivity index (χ2n) is 10.1. The van der Waals surface area contributed by atoms with Crippen LogP contribution in [0.25, 0.3) is 0 Å². The Morgan fingerprint density at radius 3 is 2.51 bits per heavy atom. The van der Waals surface area contributed by atoms with E-state index in [1.807, 2.05) is 44.7 Å². The van der Waals surface area contributed by atoms with E-state index in [1.165, 1.54) is 5.56 Å². The summed E-state index contributed by atoms with van der Waals surface area (Å²) in [5.74, 6) is -0.0225. The lowest BCUT2D eigenvalue weighted by Crippen LogP contribution is -2.52. The van der Waals surface area contributed by atoms with Crippen LogP contribution >= 0.6 is 0 Å². The van der Waals surface area contributed by atoms with Gasteiger partial charge in [0.05, 0.1) is 31.1 Å². The van der Waals surface area contributed by atoms with Crippen LogP contribution in [0.3, 0.4) is 0 Å². The van der Waals surface area contributed by atoms with Gasteiger partial charge in [0.1, 0.15) is 6.54 Å². The molecular formula is C27H38N4O4. The second-order valence-corrected chi connectivity index (χ2v) is 10.1. The minimum absolute atomic E-state index is 0.0136. The number of aromatic nitrogens is 2. The Morgan fingerprint density at radius 1 is 1.17 bits per heavy atom. The number of carbonyl (C=O) groups excluding carboxylic acids is 2. The van der Waals surface area contributed by atoms with Crippen LogP contribution in [0.4, 0.5) is 0 Å². The minimum Gasteiger partial charge on any atom is -0.382 e. The van der Waals surface area contributed by atoms with Crippen molar-refractivity contribution in [1.29, 1.82) is 0 Å². The minimum atomic E-state index is -0.270. The van der Waals surface area contributed by atoms with E-state index < -0.39 is 0 Å². The average Bonchev–Trinajstić information content (AvgIpc) is 3.28. The first-order chi connectivity index (χ1) is 16.8. The van der Waals surface area contributed by atoms with Crippen LogP contribution in [0.5, 0.6) is 0 Å². The van der Waals surface area contributed by atoms with E-state index in [1.54, 1.807) is 11.8 Å². The van der Waals surface area contributed by atoms with Gasteiger partial charge in [0.15, 0.2) is 0 Å². The van der Waals surface area contributed by atoms with E-state index in [-0.39, 0.29) is 41.8 Å². The van der Waals surface area contributed by atoms with Gasteiger partial charge in [-0.25, -0.2) is 0 Å². The first-order valence-corrected chi connectivity index (χ1v) is 12.6. The fourth-order valence-electron chi connectivity index (χ4n) is 5.62. The molecule has 1 aromatic heterocycles. The number of carbonyl (C=O) groups is 2. The standard InChI is InChI=1S/C27H38N4O4/c1-18(2)26(33)28-24-21-8-6-7-9-22(21)27(25(24)35-15-14-34-5)10-12-30(13-11-27)23(32)17-31-20(4)16-19(3)29-31/h6-9,16,18,24-25H,10-15,17H2,1-5H3,(H,28,33)/t24-,25+/m0/s1. The Bertz CT molecular complexity index is 1060. The van der Waals surface area contributed by atoms with Gasteiger partial charge in [-0.15, -0.1) is 0 Å². The fraction of sp³-hybridized carbons (Fsp3) is 0.593. The SMILES string of the molecule is COCCO[C@@H]1[C@@H](NC(=O)C(C)C)c2ccccc2C12CCN(C(=O)Cn1nc(C)cc1C)CC2. The molecular weight excluding hydrogens is 444 g/mol. The molecule has 190 valence electrons. The molecule has 8 heteroatoms. The largest absolute Gasteiger partial charge is 0.382 e. The molecule has 0 bridgehead atoms. The summed E-state index contributed by atoms with van der Waals surface area (Å²) < 4.78 is 13.5. The zero-order valence-electron chi connectivity index (χ0n) is 21.5. The van der Waals surface area contributed by atoms with Crippen molar-refractivity contribution in [1.82, 2.24) is 20.0 Å². The number of amides is 2. The highest BCUT2D eigenvalue weighted by Crippen LogP contribution is 2.52. The number of likely N-dealkylation sites (tertiary alicyclic amines) is 1. The van der Waals surface area contributed by atoms with E-state index in [2.05, 4.69) is 28.6 Å². The van der Waals surface area contributed by atoms with E-state index in [0.29, 0.717) is 26.3 Å². The maximum atomic E-state index is 13.1. The lowest BCUT2D eigenvalue weighted by atomic mass is 9.71. The zero-order valence-corrected chi connectivity index (χ0v) is 21.5. The molecule has 1 aromatic carbocycles. The van der Waals surface area contributed by atoms with Crippen molar-refractivity contribution in [3.05, 3.63) is 52.8 Å². The van der Waals surface area contributed by atoms with Crippen molar-refractivity contribution >= 4 is 11.8 Å². The summed E-state index contributed by atoms with van der Waals surface area (Å²) >= 11 is 0. The third kappa shape index (κ3) is 5.00. The Balaban J connectivity index is 1.57. The smallest absolute Gasteiger partial charge is 0.244 e. The quantitative estimate of drug-likeness (QED) is 0.585. The molecule has 2 aromatic rings. The topological polar surface area (TPSA) is 85.7 Å². The fourth-order valence-corrected chi connectivity index (χ4v) is 5.62. The van der Waals surface area contributed by atoms with Crippen LogP contribution in [0.1, 0.15) is 55.2 Å². The monoisotopic (exact) mass is 482 g/mol. The van der Waals surface area contributed by atoms with Crippen LogP contribution in [0.2, 0.25) is 0 Å². The lowest BCUT2D eigenvalue weighted by molar-refractivity contribution is -0.135. The molecule has 8 nitrogen and oxygen atoms in total. The number of nitrogens with zero attached hydrogens (tertiary/aromatic N) is 3. The molecule has 1 N–H and O–H groups in total. The highest BCUT2D eigenvalue weighted by molar-refractivity contribution is 5.79. The zero-order chi connectivity index (χ0) is 25.2. The predicted octanol–water partition coefficient (Wildman–Crippen LogP) is 2.92. The van der Waals surface area contributed by atoms with E-state index in [9.17, 15) is 9.59 Å². The van der Waals surface area contributed by atoms with Gasteiger partial charge in [-0.05, 0) is 43.9 Å². The van der Waals surface area contributed by atoms with Gasteiger partial charge < -0.3 is 19.7 Å². The highest BCUT2D eigenvalue weighted by Gasteiger charge is 2.54. The third-order valence-corrected chi connectivity index (χ3v) is 7.48. The molecule has 0 unspecified atom stereocenters. The van der Waals surface area contributed by atoms with Gasteiger partial charge in [0, 0.05) is 37.2 Å². The number of fused-ring (bicyclic) bond motifs is 2. The van der Waals surface area contributed by atoms with Crippen molar-refractivity contribution < 1.29 is 19.1 Å². The van der Waals surface area contributed by atoms with Gasteiger partial charge in [-0.1, -0.05) is 38.1 Å². The molecule has 4 rings (SSSR count). The van der Waals surface area contributed by atoms with Crippen LogP contribution in [0, 0.1) is 19.8 Å². The number of piperidine rings is 1. The average molecular weight is 483 g/mol. The van der Waals surface area contributed by atoms with E-state index in [4.69, 9.17) is 9.47 Å². The molecule has 2 aliphatic rings. The summed E-state index contributed by atoms with van der Waals surface area (Å²) in [7, 11) is 1.66. The van der Waals surface area contributed by atoms with Gasteiger partial charge >= 0.3 is 0 Å². The van der Waals surface area contributed by atoms with Crippen molar-refractivity contribution in [2.75, 3.05) is 33.4 Å². The van der Waals surface area contributed by atoms with Crippen molar-refractivity contribution in [3.63, 3.8) is 0 Å². The lowest BCUT2D eigenvalue weighted by Gasteiger charge is -2.44. The van der Waals surface area contributed by atoms with Gasteiger partial charge in [-0.3, -0.25) is 14.3 Å². The summed E-state index contributed by atoms with van der Waals surface area (Å²) in [4.78, 5) is 27.8. The number of ether oxygens (including phenoxy) is 2. The predicted molar refractivity (Wildman–Crippen MR) is 133 cm³/mol. The highest BCUT2D eigenvalue weighted by atomic mass is 16.5. The Labute approximate surface area is 208 Å². The number of methoxy groups -OCH3 is 1. The molecule has 1 aliphatic heterocycles. The molecule has 1 fully saturated rings. The summed E-state index contributed by atoms with van der Waals surface area (Å²) in [6.07, 6.45) is 1.34. The summed E-state index contributed by atoms with van der Waals surface area (Å²) in [6.45, 7) is 10.2. The molecule has 2 atom stereocenters. The van der Waals surface area contributed by atoms with Crippen LogP contribution in [-0.2, 0) is 31.0 Å². The number of hydrogen-bond donors (Lipinski definition) is 1. The normalized spacial score (nSPS) is 20.9. The Kier molecular flexibility index (Phi) is 7.62. The molecule has 1 spiro atoms. The van der Waals surface area contributed by atoms with Crippen LogP contribution in [-0.4, -0.2) is 66.0 Å². The summed E-state index contributed by atoms with van der Waals surface area (Å²) in [5, 5.41) is 7.71. The molecule has 1 aliphatic carbocycles. The number of benzene rings is 1. The van der Waals surface area contributed by atoms with E-state index >= 15 is 0 Å². The van der Waals surface area contributed by atoms with Gasteiger partial charge in [0.25, 0.3) is 0 Å². The van der Waals surface area contributed by atoms with Gasteiger partial charge in [0.2, 0.25) is 11.8 Å². The third-order valence-electron chi connectivity index (χ3n) is 7.48. The molecule has 35 heavy (non-hydrogen) atoms. The van der Waals surface area contributed by atoms with Crippen LogP contribution < -0.4 is 5.32 Å². The van der Waals surface area contributed by atoms with E-state index in [0.717, 1.165) is 29.8 Å². The molecule has 0 saturated carbocycles. The molecule has 2 heterocycles. The maximum Gasteiger partial charge on any atom is 0.244 e. The maximum absolute atomic E-state index is 13.1. The molecule has 1 saturated heterocycles. The first kappa shape index (κ1) is 25.4. The van der Waals surface area contributed by atoms with Crippen molar-refractivity contribution in [2.24, 2.45) is 5.92 Å². The van der Waals surface area contributed by atoms with Crippen molar-refractivity contribution in [2.45, 2.75) is 64.6 Å².